The SMILES string of the molecule is Cc1nc2ccc(CC(C)N)cc2n2c(-c3ccccc3Cl)nnc12. The summed E-state index contributed by atoms with van der Waals surface area (Å²) >= 11 is 6.39. The van der Waals surface area contributed by atoms with Gasteiger partial charge >= 0.3 is 0 Å². The summed E-state index contributed by atoms with van der Waals surface area (Å²) in [6, 6.07) is 14.0. The molecule has 0 saturated carbocycles. The van der Waals surface area contributed by atoms with Crippen LogP contribution < -0.4 is 5.73 Å². The summed E-state index contributed by atoms with van der Waals surface area (Å²) in [7, 11) is 0. The number of halogens is 1. The number of aromatic nitrogens is 4. The van der Waals surface area contributed by atoms with Crippen molar-refractivity contribution in [1.29, 1.82) is 0 Å². The molecular formula is C19H18ClN5. The van der Waals surface area contributed by atoms with Crippen molar-refractivity contribution < 1.29 is 0 Å². The number of aryl methyl sites for hydroxylation is 1. The van der Waals surface area contributed by atoms with E-state index in [0.717, 1.165) is 39.9 Å². The van der Waals surface area contributed by atoms with Gasteiger partial charge in [0.15, 0.2) is 11.5 Å². The molecule has 2 aromatic carbocycles. The van der Waals surface area contributed by atoms with Crippen LogP contribution in [-0.4, -0.2) is 25.6 Å². The van der Waals surface area contributed by atoms with Gasteiger partial charge in [-0.15, -0.1) is 10.2 Å². The fourth-order valence-corrected chi connectivity index (χ4v) is 3.36. The van der Waals surface area contributed by atoms with Gasteiger partial charge in [-0.1, -0.05) is 29.8 Å². The Kier molecular flexibility index (Phi) is 3.90. The third-order valence-electron chi connectivity index (χ3n) is 4.23. The number of nitrogens with two attached hydrogens (primary N) is 1. The number of benzene rings is 2. The van der Waals surface area contributed by atoms with Gasteiger partial charge in [0, 0.05) is 11.6 Å². The van der Waals surface area contributed by atoms with Crippen molar-refractivity contribution in [3.63, 3.8) is 0 Å². The zero-order valence-corrected chi connectivity index (χ0v) is 14.8. The third-order valence-corrected chi connectivity index (χ3v) is 4.56. The van der Waals surface area contributed by atoms with Gasteiger partial charge in [-0.05, 0) is 50.1 Å². The molecule has 6 heteroatoms. The first-order valence-electron chi connectivity index (χ1n) is 8.19. The normalized spacial score (nSPS) is 12.8. The minimum atomic E-state index is 0.0929. The molecule has 2 aromatic heterocycles. The summed E-state index contributed by atoms with van der Waals surface area (Å²) in [5.41, 5.74) is 11.4. The van der Waals surface area contributed by atoms with Gasteiger partial charge in [0.25, 0.3) is 0 Å². The van der Waals surface area contributed by atoms with Crippen LogP contribution in [0.5, 0.6) is 0 Å². The van der Waals surface area contributed by atoms with Gasteiger partial charge in [0.1, 0.15) is 0 Å². The van der Waals surface area contributed by atoms with E-state index in [9.17, 15) is 0 Å². The monoisotopic (exact) mass is 351 g/mol. The lowest BCUT2D eigenvalue weighted by molar-refractivity contribution is 0.738. The highest BCUT2D eigenvalue weighted by Crippen LogP contribution is 2.29. The first-order valence-corrected chi connectivity index (χ1v) is 8.57. The first kappa shape index (κ1) is 16.0. The lowest BCUT2D eigenvalue weighted by Gasteiger charge is -2.10. The Morgan fingerprint density at radius 3 is 2.72 bits per heavy atom. The molecule has 1 unspecified atom stereocenters. The maximum absolute atomic E-state index is 6.39. The highest BCUT2D eigenvalue weighted by Gasteiger charge is 2.16. The first-order chi connectivity index (χ1) is 12.0. The second-order valence-corrected chi connectivity index (χ2v) is 6.77. The van der Waals surface area contributed by atoms with Crippen LogP contribution in [0.4, 0.5) is 0 Å². The van der Waals surface area contributed by atoms with Crippen molar-refractivity contribution in [1.82, 2.24) is 19.6 Å². The predicted molar refractivity (Wildman–Crippen MR) is 101 cm³/mol. The van der Waals surface area contributed by atoms with Crippen LogP contribution in [0.2, 0.25) is 5.02 Å². The molecule has 1 atom stereocenters. The van der Waals surface area contributed by atoms with Gasteiger partial charge in [-0.2, -0.15) is 0 Å². The summed E-state index contributed by atoms with van der Waals surface area (Å²) in [5.74, 6) is 0.717. The van der Waals surface area contributed by atoms with Crippen LogP contribution in [0, 0.1) is 6.92 Å². The predicted octanol–water partition coefficient (Wildman–Crippen LogP) is 3.80. The second kappa shape index (κ2) is 6.10. The van der Waals surface area contributed by atoms with E-state index in [1.807, 2.05) is 48.6 Å². The van der Waals surface area contributed by atoms with E-state index in [-0.39, 0.29) is 6.04 Å². The van der Waals surface area contributed by atoms with E-state index in [4.69, 9.17) is 17.3 Å². The molecule has 0 bridgehead atoms. The molecule has 2 N–H and O–H groups in total. The van der Waals surface area contributed by atoms with E-state index in [1.54, 1.807) is 0 Å². The molecule has 0 saturated heterocycles. The fourth-order valence-electron chi connectivity index (χ4n) is 3.14. The standard InChI is InChI=1S/C19H18ClN5/c1-11(21)9-13-7-8-16-17(10-13)25-18(12(2)22-16)23-24-19(25)14-5-3-4-6-15(14)20/h3-8,10-11H,9,21H2,1-2H3. The molecule has 0 aliphatic heterocycles. The van der Waals surface area contributed by atoms with Crippen LogP contribution in [0.1, 0.15) is 18.2 Å². The van der Waals surface area contributed by atoms with Gasteiger partial charge in [0.05, 0.1) is 21.7 Å². The van der Waals surface area contributed by atoms with Crippen molar-refractivity contribution >= 4 is 28.3 Å². The van der Waals surface area contributed by atoms with Crippen molar-refractivity contribution in [2.24, 2.45) is 5.73 Å². The number of fused-ring (bicyclic) bond motifs is 3. The average molecular weight is 352 g/mol. The Bertz CT molecular complexity index is 1080. The molecular weight excluding hydrogens is 334 g/mol. The Balaban J connectivity index is 2.07. The third kappa shape index (κ3) is 2.75. The average Bonchev–Trinajstić information content (AvgIpc) is 3.01. The molecule has 5 nitrogen and oxygen atoms in total. The van der Waals surface area contributed by atoms with Crippen LogP contribution in [-0.2, 0) is 6.42 Å². The molecule has 0 aliphatic rings. The summed E-state index contributed by atoms with van der Waals surface area (Å²) in [6.45, 7) is 3.94. The molecule has 4 rings (SSSR count). The Morgan fingerprint density at radius 1 is 1.16 bits per heavy atom. The number of nitrogens with zero attached hydrogens (tertiary/aromatic N) is 4. The summed E-state index contributed by atoms with van der Waals surface area (Å²) in [5, 5.41) is 9.38. The Labute approximate surface area is 150 Å². The molecule has 4 aromatic rings. The lowest BCUT2D eigenvalue weighted by atomic mass is 10.1. The van der Waals surface area contributed by atoms with Crippen LogP contribution in [0.25, 0.3) is 28.1 Å². The highest BCUT2D eigenvalue weighted by molar-refractivity contribution is 6.33. The lowest BCUT2D eigenvalue weighted by Crippen LogP contribution is -2.17. The minimum Gasteiger partial charge on any atom is -0.328 e. The fraction of sp³-hybridized carbons (Fsp3) is 0.211. The van der Waals surface area contributed by atoms with Crippen molar-refractivity contribution in [2.75, 3.05) is 0 Å². The zero-order chi connectivity index (χ0) is 17.6. The summed E-state index contributed by atoms with van der Waals surface area (Å²) in [6.07, 6.45) is 0.800. The number of hydrogen-bond acceptors (Lipinski definition) is 4. The van der Waals surface area contributed by atoms with E-state index >= 15 is 0 Å². The largest absolute Gasteiger partial charge is 0.328 e. The maximum Gasteiger partial charge on any atom is 0.183 e. The Hall–Kier alpha value is -2.50. The molecule has 0 aliphatic carbocycles. The quantitative estimate of drug-likeness (QED) is 0.609. The number of rotatable bonds is 3. The van der Waals surface area contributed by atoms with Crippen molar-refractivity contribution in [3.05, 3.63) is 58.7 Å². The van der Waals surface area contributed by atoms with E-state index in [0.29, 0.717) is 10.8 Å². The van der Waals surface area contributed by atoms with Crippen LogP contribution in [0.15, 0.2) is 42.5 Å². The topological polar surface area (TPSA) is 69.1 Å². The van der Waals surface area contributed by atoms with E-state index < -0.39 is 0 Å². The molecule has 0 radical (unpaired) electrons. The molecule has 0 spiro atoms. The van der Waals surface area contributed by atoms with E-state index in [1.165, 1.54) is 0 Å². The van der Waals surface area contributed by atoms with Crippen molar-refractivity contribution in [2.45, 2.75) is 26.3 Å². The van der Waals surface area contributed by atoms with Gasteiger partial charge in [-0.25, -0.2) is 4.98 Å². The Morgan fingerprint density at radius 2 is 1.96 bits per heavy atom. The van der Waals surface area contributed by atoms with Gasteiger partial charge in [0.2, 0.25) is 0 Å². The smallest absolute Gasteiger partial charge is 0.183 e. The van der Waals surface area contributed by atoms with Crippen LogP contribution >= 0.6 is 11.6 Å². The minimum absolute atomic E-state index is 0.0929. The summed E-state index contributed by atoms with van der Waals surface area (Å²) < 4.78 is 2.03. The van der Waals surface area contributed by atoms with E-state index in [2.05, 4.69) is 27.3 Å². The summed E-state index contributed by atoms with van der Waals surface area (Å²) in [4.78, 5) is 4.67. The molecule has 126 valence electrons. The molecule has 25 heavy (non-hydrogen) atoms. The van der Waals surface area contributed by atoms with Crippen molar-refractivity contribution in [3.8, 4) is 11.4 Å². The zero-order valence-electron chi connectivity index (χ0n) is 14.1. The molecule has 0 amide bonds. The second-order valence-electron chi connectivity index (χ2n) is 6.36. The highest BCUT2D eigenvalue weighted by atomic mass is 35.5. The molecule has 0 fully saturated rings. The van der Waals surface area contributed by atoms with Gasteiger partial charge in [-0.3, -0.25) is 4.40 Å². The van der Waals surface area contributed by atoms with Crippen LogP contribution in [0.3, 0.4) is 0 Å². The molecule has 2 heterocycles. The van der Waals surface area contributed by atoms with Gasteiger partial charge < -0.3 is 5.73 Å². The number of hydrogen-bond donors (Lipinski definition) is 1. The maximum atomic E-state index is 6.39.